The smallest absolute Gasteiger partial charge is 0.0534 e. The summed E-state index contributed by atoms with van der Waals surface area (Å²) in [7, 11) is 0. The third-order valence-electron chi connectivity index (χ3n) is 5.79. The van der Waals surface area contributed by atoms with Crippen LogP contribution in [-0.4, -0.2) is 63.5 Å². The Morgan fingerprint density at radius 1 is 1.21 bits per heavy atom. The summed E-state index contributed by atoms with van der Waals surface area (Å²) >= 11 is 0. The molecule has 0 amide bonds. The molecule has 3 rings (SSSR count). The number of hydrogen-bond donors (Lipinski definition) is 1. The molecule has 24 heavy (non-hydrogen) atoms. The van der Waals surface area contributed by atoms with Gasteiger partial charge in [-0.05, 0) is 32.1 Å². The van der Waals surface area contributed by atoms with Gasteiger partial charge < -0.3 is 5.11 Å². The molecule has 1 aromatic rings. The second kappa shape index (κ2) is 8.97. The standard InChI is InChI=1S/C19H34N4O/c1-2-23-15-18(12-20-23)13-21-9-10-22(19(16-21)8-11-24)14-17-6-4-3-5-7-17/h12,15,17,19,24H,2-11,13-14,16H2,1H3/t19-/m1/s1. The summed E-state index contributed by atoms with van der Waals surface area (Å²) in [5.74, 6) is 0.884. The summed E-state index contributed by atoms with van der Waals surface area (Å²) in [4.78, 5) is 5.20. The molecular weight excluding hydrogens is 300 g/mol. The van der Waals surface area contributed by atoms with Crippen molar-refractivity contribution >= 4 is 0 Å². The summed E-state index contributed by atoms with van der Waals surface area (Å²) < 4.78 is 2.00. The van der Waals surface area contributed by atoms with Crippen LogP contribution in [0.1, 0.15) is 51.0 Å². The number of aliphatic hydroxyl groups excluding tert-OH is 1. The molecule has 5 heteroatoms. The fourth-order valence-corrected chi connectivity index (χ4v) is 4.38. The maximum absolute atomic E-state index is 9.49. The van der Waals surface area contributed by atoms with Crippen molar-refractivity contribution < 1.29 is 5.11 Å². The van der Waals surface area contributed by atoms with Crippen molar-refractivity contribution in [3.8, 4) is 0 Å². The topological polar surface area (TPSA) is 44.5 Å². The van der Waals surface area contributed by atoms with Gasteiger partial charge in [0.2, 0.25) is 0 Å². The molecule has 2 aliphatic rings. The Morgan fingerprint density at radius 2 is 2.04 bits per heavy atom. The quantitative estimate of drug-likeness (QED) is 0.831. The Morgan fingerprint density at radius 3 is 2.75 bits per heavy atom. The first kappa shape index (κ1) is 17.9. The molecule has 1 aliphatic carbocycles. The largest absolute Gasteiger partial charge is 0.396 e. The molecule has 1 N–H and O–H groups in total. The first-order valence-electron chi connectivity index (χ1n) is 9.87. The zero-order valence-electron chi connectivity index (χ0n) is 15.2. The van der Waals surface area contributed by atoms with Crippen molar-refractivity contribution in [2.24, 2.45) is 5.92 Å². The van der Waals surface area contributed by atoms with E-state index in [2.05, 4.69) is 28.0 Å². The van der Waals surface area contributed by atoms with E-state index in [0.29, 0.717) is 12.6 Å². The summed E-state index contributed by atoms with van der Waals surface area (Å²) in [5, 5.41) is 13.9. The van der Waals surface area contributed by atoms with E-state index in [4.69, 9.17) is 0 Å². The van der Waals surface area contributed by atoms with Crippen molar-refractivity contribution in [3.63, 3.8) is 0 Å². The Balaban J connectivity index is 1.53. The van der Waals surface area contributed by atoms with E-state index in [1.54, 1.807) is 0 Å². The Labute approximate surface area is 146 Å². The molecule has 0 unspecified atom stereocenters. The van der Waals surface area contributed by atoms with Gasteiger partial charge in [0.15, 0.2) is 0 Å². The molecule has 1 atom stereocenters. The highest BCUT2D eigenvalue weighted by Gasteiger charge is 2.29. The minimum Gasteiger partial charge on any atom is -0.396 e. The van der Waals surface area contributed by atoms with E-state index in [0.717, 1.165) is 45.1 Å². The minimum absolute atomic E-state index is 0.299. The van der Waals surface area contributed by atoms with E-state index < -0.39 is 0 Å². The lowest BCUT2D eigenvalue weighted by molar-refractivity contribution is 0.0400. The Hall–Kier alpha value is -0.910. The molecule has 1 aromatic heterocycles. The van der Waals surface area contributed by atoms with Crippen LogP contribution in [0.15, 0.2) is 12.4 Å². The van der Waals surface area contributed by atoms with Crippen molar-refractivity contribution in [1.29, 1.82) is 0 Å². The number of aromatic nitrogens is 2. The van der Waals surface area contributed by atoms with Crippen LogP contribution in [0, 0.1) is 5.92 Å². The van der Waals surface area contributed by atoms with Crippen LogP contribution in [0.25, 0.3) is 0 Å². The van der Waals surface area contributed by atoms with Gasteiger partial charge in [-0.1, -0.05) is 19.3 Å². The molecule has 136 valence electrons. The van der Waals surface area contributed by atoms with Crippen molar-refractivity contribution in [1.82, 2.24) is 19.6 Å². The molecule has 0 spiro atoms. The van der Waals surface area contributed by atoms with Gasteiger partial charge in [0.05, 0.1) is 6.20 Å². The molecule has 2 heterocycles. The highest BCUT2D eigenvalue weighted by atomic mass is 16.3. The fraction of sp³-hybridized carbons (Fsp3) is 0.842. The molecule has 2 fully saturated rings. The van der Waals surface area contributed by atoms with E-state index in [1.807, 2.05) is 10.9 Å². The molecule has 5 nitrogen and oxygen atoms in total. The predicted molar refractivity (Wildman–Crippen MR) is 96.8 cm³/mol. The third-order valence-corrected chi connectivity index (χ3v) is 5.79. The van der Waals surface area contributed by atoms with Crippen LogP contribution >= 0.6 is 0 Å². The Kier molecular flexibility index (Phi) is 6.69. The zero-order valence-corrected chi connectivity index (χ0v) is 15.2. The van der Waals surface area contributed by atoms with Gasteiger partial charge in [-0.2, -0.15) is 5.10 Å². The van der Waals surface area contributed by atoms with Gasteiger partial charge in [0.25, 0.3) is 0 Å². The van der Waals surface area contributed by atoms with Crippen LogP contribution in [0.5, 0.6) is 0 Å². The van der Waals surface area contributed by atoms with Gasteiger partial charge in [0.1, 0.15) is 0 Å². The van der Waals surface area contributed by atoms with Gasteiger partial charge in [0, 0.05) is 63.7 Å². The molecular formula is C19H34N4O. The second-order valence-corrected chi connectivity index (χ2v) is 7.60. The molecule has 1 saturated heterocycles. The summed E-state index contributed by atoms with van der Waals surface area (Å²) in [6, 6.07) is 0.506. The first-order valence-corrected chi connectivity index (χ1v) is 9.87. The lowest BCUT2D eigenvalue weighted by atomic mass is 9.88. The molecule has 1 saturated carbocycles. The van der Waals surface area contributed by atoms with E-state index >= 15 is 0 Å². The summed E-state index contributed by atoms with van der Waals surface area (Å²) in [6.07, 6.45) is 12.1. The maximum Gasteiger partial charge on any atom is 0.0534 e. The SMILES string of the molecule is CCn1cc(CN2CCN(CC3CCCCC3)[C@H](CCO)C2)cn1. The van der Waals surface area contributed by atoms with Crippen LogP contribution < -0.4 is 0 Å². The van der Waals surface area contributed by atoms with Gasteiger partial charge in [-0.25, -0.2) is 0 Å². The van der Waals surface area contributed by atoms with Crippen LogP contribution in [0.3, 0.4) is 0 Å². The first-order chi connectivity index (χ1) is 11.8. The third kappa shape index (κ3) is 4.80. The minimum atomic E-state index is 0.299. The highest BCUT2D eigenvalue weighted by molar-refractivity contribution is 5.04. The maximum atomic E-state index is 9.49. The van der Waals surface area contributed by atoms with Crippen LogP contribution in [0.2, 0.25) is 0 Å². The van der Waals surface area contributed by atoms with Crippen molar-refractivity contribution in [2.75, 3.05) is 32.8 Å². The summed E-state index contributed by atoms with van der Waals surface area (Å²) in [5.41, 5.74) is 1.31. The summed E-state index contributed by atoms with van der Waals surface area (Å²) in [6.45, 7) is 8.93. The average molecular weight is 335 g/mol. The monoisotopic (exact) mass is 334 g/mol. The van der Waals surface area contributed by atoms with E-state index in [-0.39, 0.29) is 0 Å². The number of rotatable bonds is 7. The lowest BCUT2D eigenvalue weighted by Gasteiger charge is -2.43. The highest BCUT2D eigenvalue weighted by Crippen LogP contribution is 2.26. The molecule has 0 bridgehead atoms. The van der Waals surface area contributed by atoms with Crippen LogP contribution in [0.4, 0.5) is 0 Å². The Bertz CT molecular complexity index is 483. The average Bonchev–Trinajstić information content (AvgIpc) is 3.06. The number of hydrogen-bond acceptors (Lipinski definition) is 4. The second-order valence-electron chi connectivity index (χ2n) is 7.60. The normalized spacial score (nSPS) is 24.5. The fourth-order valence-electron chi connectivity index (χ4n) is 4.38. The molecule has 0 aromatic carbocycles. The lowest BCUT2D eigenvalue weighted by Crippen LogP contribution is -2.54. The molecule has 1 aliphatic heterocycles. The number of nitrogens with zero attached hydrogens (tertiary/aromatic N) is 4. The zero-order chi connectivity index (χ0) is 16.8. The predicted octanol–water partition coefficient (Wildman–Crippen LogP) is 2.35. The van der Waals surface area contributed by atoms with Gasteiger partial charge in [-0.15, -0.1) is 0 Å². The van der Waals surface area contributed by atoms with Crippen LogP contribution in [-0.2, 0) is 13.1 Å². The van der Waals surface area contributed by atoms with Gasteiger partial charge >= 0.3 is 0 Å². The number of piperazine rings is 1. The van der Waals surface area contributed by atoms with E-state index in [1.165, 1.54) is 44.2 Å². The number of aliphatic hydroxyl groups is 1. The van der Waals surface area contributed by atoms with Gasteiger partial charge in [-0.3, -0.25) is 14.5 Å². The van der Waals surface area contributed by atoms with Crippen molar-refractivity contribution in [3.05, 3.63) is 18.0 Å². The molecule has 0 radical (unpaired) electrons. The van der Waals surface area contributed by atoms with Crippen molar-refractivity contribution in [2.45, 2.75) is 64.6 Å². The number of aryl methyl sites for hydroxylation is 1. The van der Waals surface area contributed by atoms with E-state index in [9.17, 15) is 5.11 Å².